The van der Waals surface area contributed by atoms with Crippen molar-refractivity contribution in [1.29, 1.82) is 0 Å². The topological polar surface area (TPSA) is 91.0 Å². The van der Waals surface area contributed by atoms with E-state index in [0.29, 0.717) is 17.4 Å². The van der Waals surface area contributed by atoms with Crippen LogP contribution in [0.2, 0.25) is 0 Å². The quantitative estimate of drug-likeness (QED) is 0.848. The molecule has 1 saturated carbocycles. The molecule has 0 bridgehead atoms. The van der Waals surface area contributed by atoms with Crippen molar-refractivity contribution in [2.24, 2.45) is 0 Å². The monoisotopic (exact) mass is 335 g/mol. The minimum atomic E-state index is -3.54. The highest BCUT2D eigenvalue weighted by Gasteiger charge is 2.27. The molecule has 1 heterocycles. The van der Waals surface area contributed by atoms with Crippen molar-refractivity contribution >= 4 is 15.9 Å². The molecule has 1 fully saturated rings. The summed E-state index contributed by atoms with van der Waals surface area (Å²) in [7, 11) is -1.99. The molecule has 2 N–H and O–H groups in total. The third-order valence-corrected chi connectivity index (χ3v) is 5.64. The summed E-state index contributed by atoms with van der Waals surface area (Å²) in [6, 6.07) is 6.95. The molecular weight excluding hydrogens is 314 g/mol. The lowest BCUT2D eigenvalue weighted by Crippen LogP contribution is -2.37. The predicted molar refractivity (Wildman–Crippen MR) is 89.2 cm³/mol. The van der Waals surface area contributed by atoms with Crippen LogP contribution < -0.4 is 4.72 Å². The van der Waals surface area contributed by atoms with Crippen LogP contribution in [0, 0.1) is 0 Å². The maximum absolute atomic E-state index is 12.2. The third-order valence-electron chi connectivity index (χ3n) is 3.96. The van der Waals surface area contributed by atoms with E-state index in [1.807, 2.05) is 26.0 Å². The van der Waals surface area contributed by atoms with E-state index in [1.165, 1.54) is 17.1 Å². The zero-order valence-electron chi connectivity index (χ0n) is 13.4. The van der Waals surface area contributed by atoms with E-state index < -0.39 is 10.2 Å². The summed E-state index contributed by atoms with van der Waals surface area (Å²) in [5, 5.41) is 7.19. The Morgan fingerprint density at radius 2 is 1.91 bits per heavy atom. The summed E-state index contributed by atoms with van der Waals surface area (Å²) in [6.07, 6.45) is 2.33. The second-order valence-corrected chi connectivity index (χ2v) is 7.84. The van der Waals surface area contributed by atoms with Gasteiger partial charge in [0.1, 0.15) is 5.82 Å². The standard InChI is InChI=1S/C15H21N5O2S/c1-10(2)20(3)23(21,22)19-13-8-6-12(7-9-13)15-16-14(17-18-15)11-4-5-11/h6-11,19H,4-5H2,1-3H3,(H,16,17,18). The molecule has 0 atom stereocenters. The first-order chi connectivity index (χ1) is 10.9. The highest BCUT2D eigenvalue weighted by Crippen LogP contribution is 2.38. The number of benzene rings is 1. The zero-order valence-corrected chi connectivity index (χ0v) is 14.3. The van der Waals surface area contributed by atoms with Gasteiger partial charge in [-0.15, -0.1) is 0 Å². The van der Waals surface area contributed by atoms with Crippen LogP contribution in [-0.4, -0.2) is 41.0 Å². The van der Waals surface area contributed by atoms with Gasteiger partial charge in [0.05, 0.1) is 0 Å². The van der Waals surface area contributed by atoms with E-state index in [2.05, 4.69) is 19.9 Å². The highest BCUT2D eigenvalue weighted by molar-refractivity contribution is 7.90. The SMILES string of the molecule is CC(C)N(C)S(=O)(=O)Nc1ccc(-c2n[nH]c(C3CC3)n2)cc1. The number of nitrogens with one attached hydrogen (secondary N) is 2. The molecule has 8 heteroatoms. The fourth-order valence-electron chi connectivity index (χ4n) is 2.13. The second-order valence-electron chi connectivity index (χ2n) is 6.11. The summed E-state index contributed by atoms with van der Waals surface area (Å²) in [6.45, 7) is 3.64. The maximum atomic E-state index is 12.2. The Labute approximate surface area is 136 Å². The Kier molecular flexibility index (Phi) is 4.11. The Bertz CT molecular complexity index is 778. The Morgan fingerprint density at radius 1 is 1.26 bits per heavy atom. The molecule has 1 aliphatic carbocycles. The van der Waals surface area contributed by atoms with Crippen LogP contribution in [0.5, 0.6) is 0 Å². The molecule has 3 rings (SSSR count). The first-order valence-electron chi connectivity index (χ1n) is 7.65. The molecule has 0 radical (unpaired) electrons. The molecular formula is C15H21N5O2S. The van der Waals surface area contributed by atoms with Crippen molar-refractivity contribution in [1.82, 2.24) is 19.5 Å². The molecule has 23 heavy (non-hydrogen) atoms. The van der Waals surface area contributed by atoms with Gasteiger partial charge in [0.2, 0.25) is 0 Å². The molecule has 1 aromatic carbocycles. The van der Waals surface area contributed by atoms with E-state index in [9.17, 15) is 8.42 Å². The van der Waals surface area contributed by atoms with Crippen LogP contribution in [0.4, 0.5) is 5.69 Å². The van der Waals surface area contributed by atoms with Crippen molar-refractivity contribution in [2.75, 3.05) is 11.8 Å². The van der Waals surface area contributed by atoms with Crippen molar-refractivity contribution in [2.45, 2.75) is 38.6 Å². The molecule has 124 valence electrons. The highest BCUT2D eigenvalue weighted by atomic mass is 32.2. The van der Waals surface area contributed by atoms with Crippen molar-refractivity contribution in [3.63, 3.8) is 0 Å². The average Bonchev–Trinajstić information content (AvgIpc) is 3.24. The van der Waals surface area contributed by atoms with Gasteiger partial charge in [-0.05, 0) is 51.0 Å². The van der Waals surface area contributed by atoms with Gasteiger partial charge in [0, 0.05) is 30.3 Å². The van der Waals surface area contributed by atoms with E-state index in [-0.39, 0.29) is 6.04 Å². The first-order valence-corrected chi connectivity index (χ1v) is 9.09. The van der Waals surface area contributed by atoms with Gasteiger partial charge in [-0.1, -0.05) is 0 Å². The van der Waals surface area contributed by atoms with Gasteiger partial charge in [0.15, 0.2) is 5.82 Å². The lowest BCUT2D eigenvalue weighted by Gasteiger charge is -2.21. The van der Waals surface area contributed by atoms with Crippen LogP contribution in [0.1, 0.15) is 38.4 Å². The Balaban J connectivity index is 1.73. The maximum Gasteiger partial charge on any atom is 0.301 e. The number of H-pyrrole nitrogens is 1. The van der Waals surface area contributed by atoms with Gasteiger partial charge < -0.3 is 0 Å². The van der Waals surface area contributed by atoms with E-state index >= 15 is 0 Å². The predicted octanol–water partition coefficient (Wildman–Crippen LogP) is 2.35. The van der Waals surface area contributed by atoms with Gasteiger partial charge in [0.25, 0.3) is 0 Å². The molecule has 1 aromatic heterocycles. The molecule has 0 amide bonds. The minimum absolute atomic E-state index is 0.110. The number of rotatable bonds is 6. The van der Waals surface area contributed by atoms with Gasteiger partial charge in [-0.3, -0.25) is 9.82 Å². The van der Waals surface area contributed by atoms with E-state index in [0.717, 1.165) is 11.4 Å². The number of nitrogens with zero attached hydrogens (tertiary/aromatic N) is 3. The average molecular weight is 335 g/mol. The summed E-state index contributed by atoms with van der Waals surface area (Å²) < 4.78 is 28.2. The van der Waals surface area contributed by atoms with Crippen LogP contribution in [0.3, 0.4) is 0 Å². The lowest BCUT2D eigenvalue weighted by atomic mass is 10.2. The fraction of sp³-hybridized carbons (Fsp3) is 0.467. The molecule has 0 unspecified atom stereocenters. The Morgan fingerprint density at radius 3 is 2.48 bits per heavy atom. The summed E-state index contributed by atoms with van der Waals surface area (Å²) in [5.41, 5.74) is 1.37. The van der Waals surface area contributed by atoms with E-state index in [4.69, 9.17) is 0 Å². The first kappa shape index (κ1) is 15.9. The number of anilines is 1. The fourth-order valence-corrected chi connectivity index (χ4v) is 3.26. The molecule has 1 aliphatic rings. The van der Waals surface area contributed by atoms with Crippen molar-refractivity contribution < 1.29 is 8.42 Å². The van der Waals surface area contributed by atoms with Crippen LogP contribution in [0.25, 0.3) is 11.4 Å². The molecule has 0 spiro atoms. The van der Waals surface area contributed by atoms with Crippen LogP contribution in [-0.2, 0) is 10.2 Å². The smallest absolute Gasteiger partial charge is 0.271 e. The van der Waals surface area contributed by atoms with Gasteiger partial charge >= 0.3 is 10.2 Å². The third kappa shape index (κ3) is 3.53. The molecule has 0 saturated heterocycles. The minimum Gasteiger partial charge on any atom is -0.271 e. The zero-order chi connectivity index (χ0) is 16.6. The normalized spacial score (nSPS) is 15.3. The summed E-state index contributed by atoms with van der Waals surface area (Å²) >= 11 is 0. The van der Waals surface area contributed by atoms with Crippen molar-refractivity contribution in [3.05, 3.63) is 30.1 Å². The number of aromatic amines is 1. The second kappa shape index (κ2) is 5.93. The van der Waals surface area contributed by atoms with Crippen molar-refractivity contribution in [3.8, 4) is 11.4 Å². The van der Waals surface area contributed by atoms with Crippen LogP contribution >= 0.6 is 0 Å². The summed E-state index contributed by atoms with van der Waals surface area (Å²) in [5.74, 6) is 2.10. The summed E-state index contributed by atoms with van der Waals surface area (Å²) in [4.78, 5) is 4.48. The number of hydrogen-bond acceptors (Lipinski definition) is 4. The molecule has 2 aromatic rings. The largest absolute Gasteiger partial charge is 0.301 e. The number of hydrogen-bond donors (Lipinski definition) is 2. The lowest BCUT2D eigenvalue weighted by molar-refractivity contribution is 0.414. The van der Waals surface area contributed by atoms with Gasteiger partial charge in [-0.25, -0.2) is 4.98 Å². The van der Waals surface area contributed by atoms with Gasteiger partial charge in [-0.2, -0.15) is 17.8 Å². The number of aromatic nitrogens is 3. The molecule has 0 aliphatic heterocycles. The molecule has 7 nitrogen and oxygen atoms in total. The van der Waals surface area contributed by atoms with Crippen LogP contribution in [0.15, 0.2) is 24.3 Å². The Hall–Kier alpha value is -1.93. The van der Waals surface area contributed by atoms with E-state index in [1.54, 1.807) is 19.2 Å².